The van der Waals surface area contributed by atoms with Crippen molar-refractivity contribution >= 4 is 17.0 Å². The van der Waals surface area contributed by atoms with Gasteiger partial charge in [0.1, 0.15) is 5.82 Å². The van der Waals surface area contributed by atoms with Gasteiger partial charge in [-0.3, -0.25) is 0 Å². The molecule has 3 aromatic rings. The second-order valence-corrected chi connectivity index (χ2v) is 6.99. The van der Waals surface area contributed by atoms with Gasteiger partial charge in [0, 0.05) is 17.1 Å². The van der Waals surface area contributed by atoms with E-state index in [-0.39, 0.29) is 11.9 Å². The Morgan fingerprint density at radius 1 is 1.21 bits per heavy atom. The number of fused-ring (bicyclic) bond motifs is 1. The molecule has 0 aliphatic rings. The highest BCUT2D eigenvalue weighted by Crippen LogP contribution is 2.27. The molecule has 0 fully saturated rings. The van der Waals surface area contributed by atoms with Crippen molar-refractivity contribution < 1.29 is 9.50 Å². The Balaban J connectivity index is 1.78. The molecule has 144 valence electrons. The molecule has 1 atom stereocenters. The highest BCUT2D eigenvalue weighted by atomic mass is 19.1. The van der Waals surface area contributed by atoms with Gasteiger partial charge in [-0.05, 0) is 68.0 Å². The van der Waals surface area contributed by atoms with Crippen LogP contribution in [0.2, 0.25) is 0 Å². The summed E-state index contributed by atoms with van der Waals surface area (Å²) >= 11 is 0. The molecule has 1 aromatic heterocycles. The van der Waals surface area contributed by atoms with Crippen LogP contribution in [0, 0.1) is 5.82 Å². The van der Waals surface area contributed by atoms with Gasteiger partial charge < -0.3 is 5.11 Å². The number of allylic oxidation sites excluding steroid dienone is 2. The van der Waals surface area contributed by atoms with Crippen molar-refractivity contribution in [1.82, 2.24) is 9.97 Å². The molecule has 1 unspecified atom stereocenters. The zero-order valence-corrected chi connectivity index (χ0v) is 16.1. The van der Waals surface area contributed by atoms with Crippen LogP contribution in [0.5, 0.6) is 0 Å². The van der Waals surface area contributed by atoms with Crippen molar-refractivity contribution in [3.63, 3.8) is 0 Å². The number of aliphatic hydroxyl groups is 1. The summed E-state index contributed by atoms with van der Waals surface area (Å²) in [4.78, 5) is 8.93. The first-order valence-corrected chi connectivity index (χ1v) is 9.58. The average Bonchev–Trinajstić information content (AvgIpc) is 2.67. The molecule has 0 bridgehead atoms. The Kier molecular flexibility index (Phi) is 6.66. The number of rotatable bonds is 8. The molecule has 0 radical (unpaired) electrons. The third-order valence-electron chi connectivity index (χ3n) is 4.58. The van der Waals surface area contributed by atoms with Crippen molar-refractivity contribution in [3.8, 4) is 11.1 Å². The van der Waals surface area contributed by atoms with Crippen LogP contribution in [0.1, 0.15) is 37.6 Å². The molecule has 4 heteroatoms. The van der Waals surface area contributed by atoms with Crippen molar-refractivity contribution in [2.45, 2.75) is 38.7 Å². The van der Waals surface area contributed by atoms with Crippen LogP contribution in [0.25, 0.3) is 28.1 Å². The molecule has 0 saturated carbocycles. The number of nitrogens with zero attached hydrogens (tertiary/aromatic N) is 2. The molecule has 3 rings (SSSR count). The van der Waals surface area contributed by atoms with E-state index in [2.05, 4.69) is 16.5 Å². The van der Waals surface area contributed by atoms with Gasteiger partial charge in [-0.25, -0.2) is 14.4 Å². The standard InChI is InChI=1S/C24H25FN2O/c1-3-7-18-10-12-21(22(25)14-18)19-11-13-23-20(15-19)16-26-24(27-23)9-6-4-5-8-17(2)28/h3,6,9-17,28H,1,4-5,7-8H2,2H3/b9-6+. The average molecular weight is 376 g/mol. The SMILES string of the molecule is C=CCc1ccc(-c2ccc3nc(/C=C/CCCC(C)O)ncc3c2)c(F)c1. The highest BCUT2D eigenvalue weighted by molar-refractivity contribution is 5.84. The largest absolute Gasteiger partial charge is 0.393 e. The third kappa shape index (κ3) is 5.11. The maximum absolute atomic E-state index is 14.5. The molecule has 1 heterocycles. The smallest absolute Gasteiger partial charge is 0.152 e. The van der Waals surface area contributed by atoms with Crippen molar-refractivity contribution in [1.29, 1.82) is 0 Å². The topological polar surface area (TPSA) is 46.0 Å². The molecule has 1 N–H and O–H groups in total. The van der Waals surface area contributed by atoms with E-state index in [9.17, 15) is 9.50 Å². The minimum absolute atomic E-state index is 0.239. The van der Waals surface area contributed by atoms with Crippen LogP contribution < -0.4 is 0 Å². The summed E-state index contributed by atoms with van der Waals surface area (Å²) < 4.78 is 14.5. The summed E-state index contributed by atoms with van der Waals surface area (Å²) in [5.74, 6) is 0.411. The molecule has 0 aliphatic heterocycles. The van der Waals surface area contributed by atoms with Crippen LogP contribution in [-0.2, 0) is 6.42 Å². The van der Waals surface area contributed by atoms with Crippen LogP contribution in [0.3, 0.4) is 0 Å². The maximum atomic E-state index is 14.5. The van der Waals surface area contributed by atoms with Crippen LogP contribution in [0.4, 0.5) is 4.39 Å². The molecule has 0 spiro atoms. The van der Waals surface area contributed by atoms with E-state index in [0.717, 1.165) is 41.3 Å². The molecule has 0 aliphatic carbocycles. The summed E-state index contributed by atoms with van der Waals surface area (Å²) in [5, 5.41) is 10.1. The summed E-state index contributed by atoms with van der Waals surface area (Å²) in [6, 6.07) is 11.0. The van der Waals surface area contributed by atoms with E-state index in [4.69, 9.17) is 0 Å². The summed E-state index contributed by atoms with van der Waals surface area (Å²) in [5.41, 5.74) is 3.10. The highest BCUT2D eigenvalue weighted by Gasteiger charge is 2.08. The van der Waals surface area contributed by atoms with Crippen LogP contribution in [0.15, 0.2) is 61.3 Å². The van der Waals surface area contributed by atoms with Crippen molar-refractivity contribution in [3.05, 3.63) is 78.5 Å². The summed E-state index contributed by atoms with van der Waals surface area (Å²) in [6.45, 7) is 5.49. The molecule has 2 aromatic carbocycles. The zero-order chi connectivity index (χ0) is 19.9. The van der Waals surface area contributed by atoms with Gasteiger partial charge in [0.05, 0.1) is 11.6 Å². The van der Waals surface area contributed by atoms with E-state index in [0.29, 0.717) is 17.8 Å². The van der Waals surface area contributed by atoms with Gasteiger partial charge in [0.2, 0.25) is 0 Å². The lowest BCUT2D eigenvalue weighted by molar-refractivity contribution is 0.182. The zero-order valence-electron chi connectivity index (χ0n) is 16.1. The number of hydrogen-bond donors (Lipinski definition) is 1. The third-order valence-corrected chi connectivity index (χ3v) is 4.58. The van der Waals surface area contributed by atoms with E-state index in [1.165, 1.54) is 0 Å². The molecule has 0 saturated heterocycles. The Morgan fingerprint density at radius 2 is 2.07 bits per heavy atom. The second kappa shape index (κ2) is 9.38. The molecule has 0 amide bonds. The maximum Gasteiger partial charge on any atom is 0.152 e. The van der Waals surface area contributed by atoms with E-state index < -0.39 is 0 Å². The number of halogens is 1. The van der Waals surface area contributed by atoms with Gasteiger partial charge >= 0.3 is 0 Å². The summed E-state index contributed by atoms with van der Waals surface area (Å²) in [7, 11) is 0. The van der Waals surface area contributed by atoms with Crippen molar-refractivity contribution in [2.24, 2.45) is 0 Å². The molecule has 3 nitrogen and oxygen atoms in total. The Bertz CT molecular complexity index is 995. The number of hydrogen-bond acceptors (Lipinski definition) is 3. The van der Waals surface area contributed by atoms with E-state index in [1.54, 1.807) is 31.3 Å². The number of aromatic nitrogens is 2. The van der Waals surface area contributed by atoms with E-state index >= 15 is 0 Å². The number of aliphatic hydroxyl groups excluding tert-OH is 1. The Labute approximate surface area is 165 Å². The molecular weight excluding hydrogens is 351 g/mol. The fourth-order valence-electron chi connectivity index (χ4n) is 3.10. The second-order valence-electron chi connectivity index (χ2n) is 6.99. The van der Waals surface area contributed by atoms with Gasteiger partial charge in [-0.1, -0.05) is 30.4 Å². The molecule has 28 heavy (non-hydrogen) atoms. The van der Waals surface area contributed by atoms with Gasteiger partial charge in [0.15, 0.2) is 5.82 Å². The summed E-state index contributed by atoms with van der Waals surface area (Å²) in [6.07, 6.45) is 10.4. The Hall–Kier alpha value is -2.85. The fourth-order valence-corrected chi connectivity index (χ4v) is 3.10. The number of benzene rings is 2. The predicted molar refractivity (Wildman–Crippen MR) is 113 cm³/mol. The van der Waals surface area contributed by atoms with Crippen LogP contribution >= 0.6 is 0 Å². The number of unbranched alkanes of at least 4 members (excludes halogenated alkanes) is 1. The monoisotopic (exact) mass is 376 g/mol. The minimum atomic E-state index is -0.262. The van der Waals surface area contributed by atoms with Gasteiger partial charge in [-0.15, -0.1) is 6.58 Å². The molecular formula is C24H25FN2O. The fraction of sp³-hybridized carbons (Fsp3) is 0.250. The predicted octanol–water partition coefficient (Wildman–Crippen LogP) is 5.73. The van der Waals surface area contributed by atoms with Crippen LogP contribution in [-0.4, -0.2) is 21.2 Å². The van der Waals surface area contributed by atoms with Crippen molar-refractivity contribution in [2.75, 3.05) is 0 Å². The normalized spacial score (nSPS) is 12.5. The lowest BCUT2D eigenvalue weighted by Gasteiger charge is -2.07. The first-order chi connectivity index (χ1) is 13.6. The van der Waals surface area contributed by atoms with Gasteiger partial charge in [-0.2, -0.15) is 0 Å². The minimum Gasteiger partial charge on any atom is -0.393 e. The lowest BCUT2D eigenvalue weighted by atomic mass is 10.0. The first kappa shape index (κ1) is 19.9. The first-order valence-electron chi connectivity index (χ1n) is 9.58. The quantitative estimate of drug-likeness (QED) is 0.403. The van der Waals surface area contributed by atoms with Gasteiger partial charge in [0.25, 0.3) is 0 Å². The van der Waals surface area contributed by atoms with E-state index in [1.807, 2.05) is 36.4 Å². The lowest BCUT2D eigenvalue weighted by Crippen LogP contribution is -1.97. The Morgan fingerprint density at radius 3 is 2.82 bits per heavy atom.